The largest absolute Gasteiger partial charge is 0.493 e. The van der Waals surface area contributed by atoms with Crippen LogP contribution in [0.15, 0.2) is 42.5 Å². The molecule has 1 atom stereocenters. The summed E-state index contributed by atoms with van der Waals surface area (Å²) in [6.45, 7) is 1.63. The number of carbonyl (C=O) groups excluding carboxylic acids is 2. The SMILES string of the molecule is COc1ccc(CN2CC(C(=O)N3CCCc4ccccc43)CC2=O)cc1OC. The summed E-state index contributed by atoms with van der Waals surface area (Å²) in [6, 6.07) is 13.7. The molecule has 2 aromatic rings. The molecule has 2 aromatic carbocycles. The first kappa shape index (κ1) is 19.3. The van der Waals surface area contributed by atoms with E-state index in [2.05, 4.69) is 6.07 Å². The average molecular weight is 394 g/mol. The van der Waals surface area contributed by atoms with Gasteiger partial charge in [-0.05, 0) is 42.2 Å². The molecule has 1 saturated heterocycles. The number of anilines is 1. The van der Waals surface area contributed by atoms with Crippen molar-refractivity contribution in [3.63, 3.8) is 0 Å². The molecule has 1 fully saturated rings. The molecule has 0 aromatic heterocycles. The van der Waals surface area contributed by atoms with E-state index in [0.717, 1.165) is 30.6 Å². The first-order valence-corrected chi connectivity index (χ1v) is 9.98. The van der Waals surface area contributed by atoms with Crippen LogP contribution in [0.1, 0.15) is 24.0 Å². The molecule has 29 heavy (non-hydrogen) atoms. The molecule has 152 valence electrons. The highest BCUT2D eigenvalue weighted by atomic mass is 16.5. The predicted molar refractivity (Wildman–Crippen MR) is 110 cm³/mol. The van der Waals surface area contributed by atoms with Crippen molar-refractivity contribution in [3.05, 3.63) is 53.6 Å². The number of ether oxygens (including phenoxy) is 2. The summed E-state index contributed by atoms with van der Waals surface area (Å²) in [5.41, 5.74) is 3.15. The number of methoxy groups -OCH3 is 2. The topological polar surface area (TPSA) is 59.1 Å². The lowest BCUT2D eigenvalue weighted by molar-refractivity contribution is -0.128. The smallest absolute Gasteiger partial charge is 0.232 e. The van der Waals surface area contributed by atoms with Gasteiger partial charge < -0.3 is 19.3 Å². The third-order valence-electron chi connectivity index (χ3n) is 5.76. The summed E-state index contributed by atoms with van der Waals surface area (Å²) in [4.78, 5) is 29.4. The van der Waals surface area contributed by atoms with Crippen molar-refractivity contribution < 1.29 is 19.1 Å². The number of hydrogen-bond donors (Lipinski definition) is 0. The van der Waals surface area contributed by atoms with Gasteiger partial charge in [0.05, 0.1) is 20.1 Å². The second-order valence-electron chi connectivity index (χ2n) is 7.59. The van der Waals surface area contributed by atoms with Crippen LogP contribution in [-0.4, -0.2) is 44.0 Å². The molecule has 2 aliphatic heterocycles. The van der Waals surface area contributed by atoms with E-state index >= 15 is 0 Å². The van der Waals surface area contributed by atoms with E-state index in [1.165, 1.54) is 5.56 Å². The highest BCUT2D eigenvalue weighted by Crippen LogP contribution is 2.32. The maximum Gasteiger partial charge on any atom is 0.232 e. The van der Waals surface area contributed by atoms with E-state index < -0.39 is 0 Å². The van der Waals surface area contributed by atoms with Crippen molar-refractivity contribution in [2.45, 2.75) is 25.8 Å². The van der Waals surface area contributed by atoms with Crippen molar-refractivity contribution in [1.82, 2.24) is 4.90 Å². The molecule has 0 N–H and O–H groups in total. The molecule has 4 rings (SSSR count). The first-order valence-electron chi connectivity index (χ1n) is 9.98. The fraction of sp³-hybridized carbons (Fsp3) is 0.391. The van der Waals surface area contributed by atoms with Gasteiger partial charge in [-0.2, -0.15) is 0 Å². The molecule has 2 amide bonds. The number of benzene rings is 2. The third kappa shape index (κ3) is 3.79. The standard InChI is InChI=1S/C23H26N2O4/c1-28-20-10-9-16(12-21(20)29-2)14-24-15-18(13-22(24)26)23(27)25-11-5-7-17-6-3-4-8-19(17)25/h3-4,6,8-10,12,18H,5,7,11,13-15H2,1-2H3. The van der Waals surface area contributed by atoms with Gasteiger partial charge in [0.1, 0.15) is 0 Å². The summed E-state index contributed by atoms with van der Waals surface area (Å²) in [5, 5.41) is 0. The van der Waals surface area contributed by atoms with Crippen molar-refractivity contribution in [1.29, 1.82) is 0 Å². The van der Waals surface area contributed by atoms with E-state index in [4.69, 9.17) is 9.47 Å². The van der Waals surface area contributed by atoms with Crippen LogP contribution >= 0.6 is 0 Å². The minimum absolute atomic E-state index is 0.0171. The van der Waals surface area contributed by atoms with Gasteiger partial charge in [-0.15, -0.1) is 0 Å². The highest BCUT2D eigenvalue weighted by molar-refractivity contribution is 5.99. The number of aryl methyl sites for hydroxylation is 1. The number of rotatable bonds is 5. The third-order valence-corrected chi connectivity index (χ3v) is 5.76. The Hall–Kier alpha value is -3.02. The maximum atomic E-state index is 13.2. The average Bonchev–Trinajstić information content (AvgIpc) is 3.12. The number of amides is 2. The van der Waals surface area contributed by atoms with Crippen LogP contribution in [0.5, 0.6) is 11.5 Å². The lowest BCUT2D eigenvalue weighted by Gasteiger charge is -2.31. The monoisotopic (exact) mass is 394 g/mol. The van der Waals surface area contributed by atoms with Crippen molar-refractivity contribution in [2.24, 2.45) is 5.92 Å². The Balaban J connectivity index is 1.47. The zero-order valence-electron chi connectivity index (χ0n) is 16.9. The van der Waals surface area contributed by atoms with Crippen molar-refractivity contribution >= 4 is 17.5 Å². The number of hydrogen-bond acceptors (Lipinski definition) is 4. The van der Waals surface area contributed by atoms with E-state index in [1.807, 2.05) is 41.3 Å². The summed E-state index contributed by atoms with van der Waals surface area (Å²) in [6.07, 6.45) is 2.22. The quantitative estimate of drug-likeness (QED) is 0.782. The molecule has 0 radical (unpaired) electrons. The van der Waals surface area contributed by atoms with Gasteiger partial charge in [0.2, 0.25) is 11.8 Å². The zero-order chi connectivity index (χ0) is 20.4. The molecule has 6 nitrogen and oxygen atoms in total. The van der Waals surface area contributed by atoms with Crippen LogP contribution in [0, 0.1) is 5.92 Å². The fourth-order valence-electron chi connectivity index (χ4n) is 4.27. The van der Waals surface area contributed by atoms with Gasteiger partial charge >= 0.3 is 0 Å². The molecule has 6 heteroatoms. The molecule has 0 spiro atoms. The fourth-order valence-corrected chi connectivity index (χ4v) is 4.27. The van der Waals surface area contributed by atoms with E-state index in [9.17, 15) is 9.59 Å². The first-order chi connectivity index (χ1) is 14.1. The number of nitrogens with zero attached hydrogens (tertiary/aromatic N) is 2. The molecule has 2 aliphatic rings. The Kier molecular flexibility index (Phi) is 5.43. The van der Waals surface area contributed by atoms with Crippen LogP contribution in [0.2, 0.25) is 0 Å². The molecule has 0 saturated carbocycles. The lowest BCUT2D eigenvalue weighted by atomic mass is 9.99. The van der Waals surface area contributed by atoms with Gasteiger partial charge in [-0.3, -0.25) is 9.59 Å². The zero-order valence-corrected chi connectivity index (χ0v) is 16.9. The van der Waals surface area contributed by atoms with Crippen LogP contribution < -0.4 is 14.4 Å². The number of para-hydroxylation sites is 1. The normalized spacial score (nSPS) is 18.6. The molecule has 0 aliphatic carbocycles. The van der Waals surface area contributed by atoms with Gasteiger partial charge in [0, 0.05) is 31.7 Å². The summed E-state index contributed by atoms with van der Waals surface area (Å²) in [5.74, 6) is 1.06. The number of likely N-dealkylation sites (tertiary alicyclic amines) is 1. The summed E-state index contributed by atoms with van der Waals surface area (Å²) in [7, 11) is 3.18. The number of fused-ring (bicyclic) bond motifs is 1. The molecular weight excluding hydrogens is 368 g/mol. The van der Waals surface area contributed by atoms with Crippen LogP contribution in [-0.2, 0) is 22.6 Å². The van der Waals surface area contributed by atoms with Gasteiger partial charge in [0.15, 0.2) is 11.5 Å². The summed E-state index contributed by atoms with van der Waals surface area (Å²) < 4.78 is 10.6. The van der Waals surface area contributed by atoms with E-state index in [1.54, 1.807) is 19.1 Å². The van der Waals surface area contributed by atoms with Crippen molar-refractivity contribution in [3.8, 4) is 11.5 Å². The van der Waals surface area contributed by atoms with E-state index in [0.29, 0.717) is 24.6 Å². The van der Waals surface area contributed by atoms with Gasteiger partial charge in [-0.25, -0.2) is 0 Å². The Bertz CT molecular complexity index is 927. The Labute approximate surface area is 171 Å². The lowest BCUT2D eigenvalue weighted by Crippen LogP contribution is -2.40. The van der Waals surface area contributed by atoms with Gasteiger partial charge in [-0.1, -0.05) is 24.3 Å². The van der Waals surface area contributed by atoms with Crippen LogP contribution in [0.4, 0.5) is 5.69 Å². The minimum atomic E-state index is -0.297. The predicted octanol–water partition coefficient (Wildman–Crippen LogP) is 3.03. The Morgan fingerprint density at radius 2 is 1.90 bits per heavy atom. The Morgan fingerprint density at radius 3 is 2.69 bits per heavy atom. The second kappa shape index (κ2) is 8.15. The van der Waals surface area contributed by atoms with Crippen LogP contribution in [0.25, 0.3) is 0 Å². The minimum Gasteiger partial charge on any atom is -0.493 e. The second-order valence-corrected chi connectivity index (χ2v) is 7.59. The molecule has 0 bridgehead atoms. The van der Waals surface area contributed by atoms with Crippen LogP contribution in [0.3, 0.4) is 0 Å². The van der Waals surface area contributed by atoms with E-state index in [-0.39, 0.29) is 24.2 Å². The summed E-state index contributed by atoms with van der Waals surface area (Å²) >= 11 is 0. The maximum absolute atomic E-state index is 13.2. The van der Waals surface area contributed by atoms with Crippen molar-refractivity contribution in [2.75, 3.05) is 32.2 Å². The highest BCUT2D eigenvalue weighted by Gasteiger charge is 2.37. The Morgan fingerprint density at radius 1 is 1.10 bits per heavy atom. The molecular formula is C23H26N2O4. The molecule has 1 unspecified atom stereocenters. The molecule has 2 heterocycles. The number of carbonyl (C=O) groups is 2. The van der Waals surface area contributed by atoms with Gasteiger partial charge in [0.25, 0.3) is 0 Å².